The lowest BCUT2D eigenvalue weighted by atomic mass is 10.2. The van der Waals surface area contributed by atoms with Gasteiger partial charge in [0.2, 0.25) is 5.91 Å². The standard InChI is InChI=1S/C11H14N2O3/c1-6-10(11(15)16)8(5-12-6)13-9(14)4-7-2-3-7/h5,7,12H,2-4H2,1H3,(H,13,14)(H,15,16). The smallest absolute Gasteiger partial charge is 0.339 e. The number of carboxylic acid groups (broad SMARTS) is 1. The zero-order chi connectivity index (χ0) is 11.7. The van der Waals surface area contributed by atoms with Crippen LogP contribution in [0.4, 0.5) is 5.69 Å². The summed E-state index contributed by atoms with van der Waals surface area (Å²) in [5.74, 6) is -0.641. The predicted molar refractivity (Wildman–Crippen MR) is 58.5 cm³/mol. The topological polar surface area (TPSA) is 82.2 Å². The highest BCUT2D eigenvalue weighted by Gasteiger charge is 2.25. The lowest BCUT2D eigenvalue weighted by Crippen LogP contribution is -2.14. The molecule has 0 spiro atoms. The molecule has 5 nitrogen and oxygen atoms in total. The highest BCUT2D eigenvalue weighted by Crippen LogP contribution is 2.32. The summed E-state index contributed by atoms with van der Waals surface area (Å²) in [5.41, 5.74) is 1.05. The number of carbonyl (C=O) groups excluding carboxylic acids is 1. The second-order valence-electron chi connectivity index (χ2n) is 4.20. The lowest BCUT2D eigenvalue weighted by molar-refractivity contribution is -0.116. The third-order valence-electron chi connectivity index (χ3n) is 2.74. The number of aryl methyl sites for hydroxylation is 1. The van der Waals surface area contributed by atoms with Crippen LogP contribution in [0.2, 0.25) is 0 Å². The summed E-state index contributed by atoms with van der Waals surface area (Å²) in [6.45, 7) is 1.67. The van der Waals surface area contributed by atoms with Crippen LogP contribution in [0.25, 0.3) is 0 Å². The Morgan fingerprint density at radius 3 is 2.81 bits per heavy atom. The van der Waals surface area contributed by atoms with Gasteiger partial charge < -0.3 is 15.4 Å². The monoisotopic (exact) mass is 222 g/mol. The van der Waals surface area contributed by atoms with Crippen LogP contribution in [0, 0.1) is 12.8 Å². The maximum Gasteiger partial charge on any atom is 0.339 e. The molecule has 1 aromatic rings. The number of nitrogens with one attached hydrogen (secondary N) is 2. The van der Waals surface area contributed by atoms with E-state index < -0.39 is 5.97 Å². The van der Waals surface area contributed by atoms with Gasteiger partial charge in [-0.05, 0) is 25.7 Å². The average Bonchev–Trinajstić information content (AvgIpc) is 2.90. The van der Waals surface area contributed by atoms with Gasteiger partial charge in [0.05, 0.1) is 5.69 Å². The van der Waals surface area contributed by atoms with Crippen molar-refractivity contribution in [2.75, 3.05) is 5.32 Å². The molecule has 1 fully saturated rings. The van der Waals surface area contributed by atoms with Gasteiger partial charge in [-0.15, -0.1) is 0 Å². The molecule has 5 heteroatoms. The van der Waals surface area contributed by atoms with Crippen molar-refractivity contribution in [1.29, 1.82) is 0 Å². The first-order valence-electron chi connectivity index (χ1n) is 5.29. The van der Waals surface area contributed by atoms with E-state index in [0.717, 1.165) is 12.8 Å². The van der Waals surface area contributed by atoms with Crippen molar-refractivity contribution in [3.05, 3.63) is 17.5 Å². The molecular formula is C11H14N2O3. The predicted octanol–water partition coefficient (Wildman–Crippen LogP) is 1.76. The Hall–Kier alpha value is -1.78. The number of carboxylic acids is 1. The summed E-state index contributed by atoms with van der Waals surface area (Å²) in [7, 11) is 0. The Labute approximate surface area is 92.9 Å². The molecule has 3 N–H and O–H groups in total. The van der Waals surface area contributed by atoms with Crippen LogP contribution >= 0.6 is 0 Å². The van der Waals surface area contributed by atoms with E-state index in [-0.39, 0.29) is 11.5 Å². The molecule has 0 bridgehead atoms. The number of aromatic amines is 1. The Balaban J connectivity index is 2.07. The molecule has 1 aliphatic rings. The van der Waals surface area contributed by atoms with Gasteiger partial charge in [0.15, 0.2) is 0 Å². The van der Waals surface area contributed by atoms with Crippen molar-refractivity contribution in [2.45, 2.75) is 26.2 Å². The van der Waals surface area contributed by atoms with E-state index in [0.29, 0.717) is 23.7 Å². The second-order valence-corrected chi connectivity index (χ2v) is 4.20. The molecule has 1 saturated carbocycles. The first kappa shape index (κ1) is 10.7. The fourth-order valence-electron chi connectivity index (χ4n) is 1.69. The number of anilines is 1. The number of amides is 1. The molecular weight excluding hydrogens is 208 g/mol. The van der Waals surface area contributed by atoms with Crippen LogP contribution in [0.5, 0.6) is 0 Å². The van der Waals surface area contributed by atoms with Crippen LogP contribution in [0.3, 0.4) is 0 Å². The average molecular weight is 222 g/mol. The van der Waals surface area contributed by atoms with Gasteiger partial charge in [-0.25, -0.2) is 4.79 Å². The van der Waals surface area contributed by atoms with Crippen molar-refractivity contribution in [3.8, 4) is 0 Å². The van der Waals surface area contributed by atoms with E-state index in [1.165, 1.54) is 6.20 Å². The zero-order valence-electron chi connectivity index (χ0n) is 9.04. The number of hydrogen-bond donors (Lipinski definition) is 3. The van der Waals surface area contributed by atoms with Crippen LogP contribution < -0.4 is 5.32 Å². The summed E-state index contributed by atoms with van der Waals surface area (Å²) < 4.78 is 0. The van der Waals surface area contributed by atoms with E-state index in [4.69, 9.17) is 5.11 Å². The molecule has 1 aliphatic carbocycles. The fraction of sp³-hybridized carbons (Fsp3) is 0.455. The molecule has 0 atom stereocenters. The maximum atomic E-state index is 11.5. The van der Waals surface area contributed by atoms with Crippen molar-refractivity contribution < 1.29 is 14.7 Å². The minimum absolute atomic E-state index is 0.107. The van der Waals surface area contributed by atoms with Crippen LogP contribution in [0.1, 0.15) is 35.3 Å². The van der Waals surface area contributed by atoms with E-state index in [2.05, 4.69) is 10.3 Å². The Morgan fingerprint density at radius 1 is 1.56 bits per heavy atom. The minimum Gasteiger partial charge on any atom is -0.478 e. The van der Waals surface area contributed by atoms with Gasteiger partial charge in [-0.2, -0.15) is 0 Å². The number of H-pyrrole nitrogens is 1. The van der Waals surface area contributed by atoms with Gasteiger partial charge in [0.25, 0.3) is 0 Å². The summed E-state index contributed by atoms with van der Waals surface area (Å²) in [6.07, 6.45) is 4.21. The summed E-state index contributed by atoms with van der Waals surface area (Å²) in [4.78, 5) is 25.3. The highest BCUT2D eigenvalue weighted by atomic mass is 16.4. The van der Waals surface area contributed by atoms with Crippen molar-refractivity contribution >= 4 is 17.6 Å². The van der Waals surface area contributed by atoms with Crippen molar-refractivity contribution in [2.24, 2.45) is 5.92 Å². The molecule has 0 aliphatic heterocycles. The highest BCUT2D eigenvalue weighted by molar-refractivity contribution is 6.01. The molecule has 2 rings (SSSR count). The number of aromatic carboxylic acids is 1. The van der Waals surface area contributed by atoms with E-state index in [9.17, 15) is 9.59 Å². The van der Waals surface area contributed by atoms with E-state index in [1.807, 2.05) is 0 Å². The molecule has 1 heterocycles. The second kappa shape index (κ2) is 4.00. The normalized spacial score (nSPS) is 14.8. The SMILES string of the molecule is Cc1[nH]cc(NC(=O)CC2CC2)c1C(=O)O. The van der Waals surface area contributed by atoms with E-state index >= 15 is 0 Å². The van der Waals surface area contributed by atoms with Crippen LogP contribution in [0.15, 0.2) is 6.20 Å². The van der Waals surface area contributed by atoms with Gasteiger partial charge >= 0.3 is 5.97 Å². The molecule has 0 radical (unpaired) electrons. The molecule has 1 aromatic heterocycles. The largest absolute Gasteiger partial charge is 0.478 e. The third-order valence-corrected chi connectivity index (χ3v) is 2.74. The minimum atomic E-state index is -1.03. The van der Waals surface area contributed by atoms with Crippen molar-refractivity contribution in [1.82, 2.24) is 4.98 Å². The molecule has 1 amide bonds. The lowest BCUT2D eigenvalue weighted by Gasteiger charge is -2.03. The van der Waals surface area contributed by atoms with Gasteiger partial charge in [-0.1, -0.05) is 0 Å². The fourth-order valence-corrected chi connectivity index (χ4v) is 1.69. The molecule has 0 unspecified atom stereocenters. The van der Waals surface area contributed by atoms with E-state index in [1.54, 1.807) is 6.92 Å². The summed E-state index contributed by atoms with van der Waals surface area (Å²) in [6, 6.07) is 0. The van der Waals surface area contributed by atoms with Crippen LogP contribution in [-0.4, -0.2) is 22.0 Å². The Bertz CT molecular complexity index is 432. The first-order chi connectivity index (χ1) is 7.58. The molecule has 0 aromatic carbocycles. The third kappa shape index (κ3) is 2.24. The number of hydrogen-bond acceptors (Lipinski definition) is 2. The van der Waals surface area contributed by atoms with Crippen molar-refractivity contribution in [3.63, 3.8) is 0 Å². The molecule has 16 heavy (non-hydrogen) atoms. The number of carbonyl (C=O) groups is 2. The summed E-state index contributed by atoms with van der Waals surface area (Å²) >= 11 is 0. The Morgan fingerprint density at radius 2 is 2.25 bits per heavy atom. The van der Waals surface area contributed by atoms with Gasteiger partial charge in [0.1, 0.15) is 5.56 Å². The number of aromatic nitrogens is 1. The quantitative estimate of drug-likeness (QED) is 0.725. The first-order valence-corrected chi connectivity index (χ1v) is 5.29. The van der Waals surface area contributed by atoms with Crippen LogP contribution in [-0.2, 0) is 4.79 Å². The summed E-state index contributed by atoms with van der Waals surface area (Å²) in [5, 5.41) is 11.6. The maximum absolute atomic E-state index is 11.5. The van der Waals surface area contributed by atoms with Gasteiger partial charge in [-0.3, -0.25) is 4.79 Å². The Kier molecular flexibility index (Phi) is 2.68. The molecule has 86 valence electrons. The zero-order valence-corrected chi connectivity index (χ0v) is 9.04. The van der Waals surface area contributed by atoms with Gasteiger partial charge in [0, 0.05) is 18.3 Å². The molecule has 0 saturated heterocycles. The number of rotatable bonds is 4.